The number of aromatic nitrogens is 3. The molecular formula is C11H12N4O3. The molecule has 94 valence electrons. The fraction of sp³-hybridized carbons (Fsp3) is 0.273. The number of carboxylic acids is 1. The van der Waals surface area contributed by atoms with Gasteiger partial charge in [0.1, 0.15) is 5.52 Å². The van der Waals surface area contributed by atoms with E-state index in [-0.39, 0.29) is 17.9 Å². The van der Waals surface area contributed by atoms with Gasteiger partial charge in [0.2, 0.25) is 5.91 Å². The first kappa shape index (κ1) is 12.0. The number of nitrogens with two attached hydrogens (primary N) is 1. The predicted octanol–water partition coefficient (Wildman–Crippen LogP) is 0.395. The van der Waals surface area contributed by atoms with Crippen LogP contribution in [0, 0.1) is 0 Å². The first-order valence-electron chi connectivity index (χ1n) is 5.43. The lowest BCUT2D eigenvalue weighted by Gasteiger charge is -2.01. The largest absolute Gasteiger partial charge is 0.478 e. The summed E-state index contributed by atoms with van der Waals surface area (Å²) in [5.74, 6) is -1.41. The van der Waals surface area contributed by atoms with E-state index in [1.165, 1.54) is 6.07 Å². The maximum absolute atomic E-state index is 11.0. The van der Waals surface area contributed by atoms with Gasteiger partial charge in [0.05, 0.1) is 11.1 Å². The van der Waals surface area contributed by atoms with Crippen molar-refractivity contribution in [1.82, 2.24) is 15.0 Å². The van der Waals surface area contributed by atoms with Crippen molar-refractivity contribution < 1.29 is 14.7 Å². The molecule has 18 heavy (non-hydrogen) atoms. The Hall–Kier alpha value is -2.44. The number of fused-ring (bicyclic) bond motifs is 1. The third kappa shape index (κ3) is 2.29. The molecule has 0 aliphatic carbocycles. The number of nitrogens with zero attached hydrogens (tertiary/aromatic N) is 3. The van der Waals surface area contributed by atoms with Gasteiger partial charge in [-0.3, -0.25) is 4.79 Å². The normalized spacial score (nSPS) is 10.7. The number of carboxylic acid groups (broad SMARTS) is 1. The number of aryl methyl sites for hydroxylation is 1. The van der Waals surface area contributed by atoms with Crippen LogP contribution < -0.4 is 5.73 Å². The van der Waals surface area contributed by atoms with Gasteiger partial charge in [-0.25, -0.2) is 9.48 Å². The van der Waals surface area contributed by atoms with E-state index in [4.69, 9.17) is 10.8 Å². The fourth-order valence-electron chi connectivity index (χ4n) is 1.73. The summed E-state index contributed by atoms with van der Waals surface area (Å²) < 4.78 is 1.57. The zero-order valence-electron chi connectivity index (χ0n) is 9.54. The molecule has 2 aromatic rings. The molecular weight excluding hydrogens is 236 g/mol. The Morgan fingerprint density at radius 3 is 2.83 bits per heavy atom. The summed E-state index contributed by atoms with van der Waals surface area (Å²) in [7, 11) is 0. The van der Waals surface area contributed by atoms with E-state index in [2.05, 4.69) is 10.3 Å². The van der Waals surface area contributed by atoms with Crippen molar-refractivity contribution in [1.29, 1.82) is 0 Å². The maximum Gasteiger partial charge on any atom is 0.338 e. The van der Waals surface area contributed by atoms with Crippen LogP contribution in [0.3, 0.4) is 0 Å². The highest BCUT2D eigenvalue weighted by atomic mass is 16.4. The SMILES string of the molecule is NC(=O)CCCn1nnc2c(C(=O)O)cccc21. The predicted molar refractivity (Wildman–Crippen MR) is 62.9 cm³/mol. The number of hydrogen-bond donors (Lipinski definition) is 2. The third-order valence-corrected chi connectivity index (χ3v) is 2.57. The lowest BCUT2D eigenvalue weighted by Crippen LogP contribution is -2.11. The number of carbonyl (C=O) groups excluding carboxylic acids is 1. The number of rotatable bonds is 5. The topological polar surface area (TPSA) is 111 Å². The Balaban J connectivity index is 2.28. The zero-order valence-corrected chi connectivity index (χ0v) is 9.54. The van der Waals surface area contributed by atoms with Gasteiger partial charge in [-0.15, -0.1) is 5.10 Å². The number of hydrogen-bond acceptors (Lipinski definition) is 4. The van der Waals surface area contributed by atoms with Crippen molar-refractivity contribution in [3.05, 3.63) is 23.8 Å². The average Bonchev–Trinajstić information content (AvgIpc) is 2.72. The van der Waals surface area contributed by atoms with Gasteiger partial charge in [-0.2, -0.15) is 0 Å². The van der Waals surface area contributed by atoms with E-state index >= 15 is 0 Å². The van der Waals surface area contributed by atoms with Gasteiger partial charge in [0.25, 0.3) is 0 Å². The molecule has 2 rings (SSSR count). The molecule has 0 saturated carbocycles. The minimum absolute atomic E-state index is 0.119. The molecule has 7 nitrogen and oxygen atoms in total. The summed E-state index contributed by atoms with van der Waals surface area (Å²) in [6, 6.07) is 4.86. The standard InChI is InChI=1S/C11H12N4O3/c12-9(16)5-2-6-15-8-4-1-3-7(11(17)18)10(8)13-14-15/h1,3-4H,2,5-6H2,(H2,12,16)(H,17,18). The monoisotopic (exact) mass is 248 g/mol. The molecule has 7 heteroatoms. The minimum Gasteiger partial charge on any atom is -0.478 e. The summed E-state index contributed by atoms with van der Waals surface area (Å²) in [6.07, 6.45) is 0.811. The molecule has 0 unspecified atom stereocenters. The van der Waals surface area contributed by atoms with Crippen LogP contribution in [0.2, 0.25) is 0 Å². The molecule has 0 fully saturated rings. The van der Waals surface area contributed by atoms with Gasteiger partial charge in [0, 0.05) is 13.0 Å². The molecule has 1 aromatic carbocycles. The smallest absolute Gasteiger partial charge is 0.338 e. The highest BCUT2D eigenvalue weighted by molar-refractivity contribution is 6.00. The number of aromatic carboxylic acids is 1. The van der Waals surface area contributed by atoms with Crippen LogP contribution in [-0.4, -0.2) is 32.0 Å². The van der Waals surface area contributed by atoms with E-state index in [9.17, 15) is 9.59 Å². The Morgan fingerprint density at radius 2 is 2.17 bits per heavy atom. The van der Waals surface area contributed by atoms with Crippen LogP contribution in [0.25, 0.3) is 11.0 Å². The summed E-state index contributed by atoms with van der Waals surface area (Å²) in [6.45, 7) is 0.475. The van der Waals surface area contributed by atoms with Crippen LogP contribution in [0.4, 0.5) is 0 Å². The average molecular weight is 248 g/mol. The number of benzene rings is 1. The molecule has 0 aliphatic heterocycles. The number of primary amides is 1. The maximum atomic E-state index is 11.0. The van der Waals surface area contributed by atoms with Crippen molar-refractivity contribution in [3.63, 3.8) is 0 Å². The Kier molecular flexibility index (Phi) is 3.22. The first-order valence-corrected chi connectivity index (χ1v) is 5.43. The quantitative estimate of drug-likeness (QED) is 0.795. The molecule has 0 atom stereocenters. The molecule has 3 N–H and O–H groups in total. The van der Waals surface area contributed by atoms with E-state index in [0.717, 1.165) is 0 Å². The van der Waals surface area contributed by atoms with Crippen molar-refractivity contribution in [2.75, 3.05) is 0 Å². The Labute approximate surface area is 102 Å². The molecule has 1 aromatic heterocycles. The fourth-order valence-corrected chi connectivity index (χ4v) is 1.73. The van der Waals surface area contributed by atoms with Crippen molar-refractivity contribution in [2.24, 2.45) is 5.73 Å². The molecule has 0 saturated heterocycles. The van der Waals surface area contributed by atoms with Crippen LogP contribution in [0.15, 0.2) is 18.2 Å². The van der Waals surface area contributed by atoms with Crippen molar-refractivity contribution in [2.45, 2.75) is 19.4 Å². The molecule has 0 radical (unpaired) electrons. The highest BCUT2D eigenvalue weighted by Crippen LogP contribution is 2.16. The van der Waals surface area contributed by atoms with E-state index < -0.39 is 5.97 Å². The van der Waals surface area contributed by atoms with Crippen molar-refractivity contribution in [3.8, 4) is 0 Å². The molecule has 0 bridgehead atoms. The Morgan fingerprint density at radius 1 is 1.39 bits per heavy atom. The van der Waals surface area contributed by atoms with Gasteiger partial charge >= 0.3 is 5.97 Å². The molecule has 1 amide bonds. The Bertz CT molecular complexity index is 605. The van der Waals surface area contributed by atoms with Crippen LogP contribution in [-0.2, 0) is 11.3 Å². The van der Waals surface area contributed by atoms with E-state index in [1.807, 2.05) is 0 Å². The van der Waals surface area contributed by atoms with Crippen LogP contribution in [0.1, 0.15) is 23.2 Å². The summed E-state index contributed by atoms with van der Waals surface area (Å²) in [5.41, 5.74) is 6.15. The van der Waals surface area contributed by atoms with Crippen molar-refractivity contribution >= 4 is 22.9 Å². The second-order valence-electron chi connectivity index (χ2n) is 3.86. The molecule has 1 heterocycles. The van der Waals surface area contributed by atoms with Gasteiger partial charge < -0.3 is 10.8 Å². The first-order chi connectivity index (χ1) is 8.59. The van der Waals surface area contributed by atoms with Crippen LogP contribution in [0.5, 0.6) is 0 Å². The van der Waals surface area contributed by atoms with E-state index in [1.54, 1.807) is 16.8 Å². The summed E-state index contributed by atoms with van der Waals surface area (Å²) in [4.78, 5) is 21.6. The molecule has 0 aliphatic rings. The lowest BCUT2D eigenvalue weighted by molar-refractivity contribution is -0.118. The second kappa shape index (κ2) is 4.82. The van der Waals surface area contributed by atoms with Crippen LogP contribution >= 0.6 is 0 Å². The third-order valence-electron chi connectivity index (χ3n) is 2.57. The summed E-state index contributed by atoms with van der Waals surface area (Å²) in [5, 5.41) is 16.7. The van der Waals surface area contributed by atoms with Gasteiger partial charge in [0.15, 0.2) is 0 Å². The highest BCUT2D eigenvalue weighted by Gasteiger charge is 2.13. The van der Waals surface area contributed by atoms with E-state index in [0.29, 0.717) is 24.0 Å². The lowest BCUT2D eigenvalue weighted by atomic mass is 10.2. The zero-order chi connectivity index (χ0) is 13.1. The molecule has 0 spiro atoms. The minimum atomic E-state index is -1.04. The van der Waals surface area contributed by atoms with Gasteiger partial charge in [-0.1, -0.05) is 11.3 Å². The summed E-state index contributed by atoms with van der Waals surface area (Å²) >= 11 is 0. The second-order valence-corrected chi connectivity index (χ2v) is 3.86. The number of amides is 1. The van der Waals surface area contributed by atoms with Gasteiger partial charge in [-0.05, 0) is 18.6 Å². The number of carbonyl (C=O) groups is 2.